The predicted molar refractivity (Wildman–Crippen MR) is 85.8 cm³/mol. The lowest BCUT2D eigenvalue weighted by molar-refractivity contribution is -0.143. The van der Waals surface area contributed by atoms with Crippen molar-refractivity contribution in [1.29, 1.82) is 0 Å². The highest BCUT2D eigenvalue weighted by Gasteiger charge is 2.21. The Balaban J connectivity index is 2.58. The van der Waals surface area contributed by atoms with Gasteiger partial charge in [0.2, 0.25) is 0 Å². The Bertz CT molecular complexity index is 446. The van der Waals surface area contributed by atoms with Crippen LogP contribution in [0.25, 0.3) is 0 Å². The Morgan fingerprint density at radius 3 is 2.85 bits per heavy atom. The molecule has 0 aliphatic heterocycles. The quantitative estimate of drug-likeness (QED) is 0.588. The number of thioether (sulfide) groups is 1. The Kier molecular flexibility index (Phi) is 8.07. The van der Waals surface area contributed by atoms with Gasteiger partial charge in [0.15, 0.2) is 0 Å². The average Bonchev–Trinajstić information content (AvgIpc) is 2.47. The summed E-state index contributed by atoms with van der Waals surface area (Å²) in [6.07, 6.45) is 3.04. The number of hydrogen-bond acceptors (Lipinski definition) is 4. The molecule has 0 saturated carbocycles. The Labute approximate surface area is 125 Å². The van der Waals surface area contributed by atoms with Gasteiger partial charge in [0, 0.05) is 0 Å². The van der Waals surface area contributed by atoms with Crippen LogP contribution in [0, 0.1) is 6.92 Å². The molecule has 0 aromatic heterocycles. The van der Waals surface area contributed by atoms with Crippen LogP contribution < -0.4 is 5.32 Å². The summed E-state index contributed by atoms with van der Waals surface area (Å²) in [6, 6.07) is 7.52. The molecule has 0 bridgehead atoms. The van der Waals surface area contributed by atoms with Gasteiger partial charge in [-0.05, 0) is 49.1 Å². The van der Waals surface area contributed by atoms with E-state index in [0.717, 1.165) is 29.8 Å². The fourth-order valence-corrected chi connectivity index (χ4v) is 2.55. The third-order valence-electron chi connectivity index (χ3n) is 2.96. The number of nitrogens with one attached hydrogen (secondary N) is 1. The van der Waals surface area contributed by atoms with E-state index in [4.69, 9.17) is 4.74 Å². The van der Waals surface area contributed by atoms with E-state index in [-0.39, 0.29) is 12.0 Å². The maximum atomic E-state index is 11.9. The standard InChI is InChI=1S/C16H23NO2S/c1-4-11-20-12-7-10-17-15(16(18)19-3)14-9-6-5-8-13(14)2/h4-6,8-9,11,15,17H,7,10,12H2,1-3H3/b11-4-. The minimum Gasteiger partial charge on any atom is -0.468 e. The highest BCUT2D eigenvalue weighted by Crippen LogP contribution is 2.18. The molecule has 110 valence electrons. The van der Waals surface area contributed by atoms with Gasteiger partial charge in [-0.3, -0.25) is 0 Å². The van der Waals surface area contributed by atoms with Crippen LogP contribution in [0.3, 0.4) is 0 Å². The lowest BCUT2D eigenvalue weighted by Crippen LogP contribution is -2.31. The van der Waals surface area contributed by atoms with Gasteiger partial charge >= 0.3 is 5.97 Å². The number of ether oxygens (including phenoxy) is 1. The molecule has 1 N–H and O–H groups in total. The Hall–Kier alpha value is -1.26. The molecule has 1 atom stereocenters. The highest BCUT2D eigenvalue weighted by molar-refractivity contribution is 8.02. The van der Waals surface area contributed by atoms with Gasteiger partial charge < -0.3 is 10.1 Å². The van der Waals surface area contributed by atoms with Crippen LogP contribution in [0.4, 0.5) is 0 Å². The van der Waals surface area contributed by atoms with Gasteiger partial charge in [-0.2, -0.15) is 0 Å². The van der Waals surface area contributed by atoms with Crippen molar-refractivity contribution in [2.24, 2.45) is 0 Å². The minimum atomic E-state index is -0.382. The van der Waals surface area contributed by atoms with E-state index in [0.29, 0.717) is 0 Å². The zero-order valence-corrected chi connectivity index (χ0v) is 13.2. The molecule has 0 spiro atoms. The molecule has 0 saturated heterocycles. The number of rotatable bonds is 8. The van der Waals surface area contributed by atoms with E-state index in [1.165, 1.54) is 7.11 Å². The number of allylic oxidation sites excluding steroid dienone is 1. The van der Waals surface area contributed by atoms with E-state index < -0.39 is 0 Å². The molecular weight excluding hydrogens is 270 g/mol. The summed E-state index contributed by atoms with van der Waals surface area (Å²) in [6.45, 7) is 4.81. The molecule has 0 aliphatic carbocycles. The van der Waals surface area contributed by atoms with E-state index in [9.17, 15) is 4.79 Å². The van der Waals surface area contributed by atoms with Gasteiger partial charge in [0.25, 0.3) is 0 Å². The highest BCUT2D eigenvalue weighted by atomic mass is 32.2. The number of aryl methyl sites for hydroxylation is 1. The van der Waals surface area contributed by atoms with Crippen LogP contribution >= 0.6 is 11.8 Å². The smallest absolute Gasteiger partial charge is 0.327 e. The molecule has 0 aliphatic rings. The van der Waals surface area contributed by atoms with Crippen molar-refractivity contribution in [3.8, 4) is 0 Å². The second-order valence-electron chi connectivity index (χ2n) is 4.46. The molecule has 3 nitrogen and oxygen atoms in total. The van der Waals surface area contributed by atoms with Gasteiger partial charge in [-0.15, -0.1) is 11.8 Å². The fourth-order valence-electron chi connectivity index (χ4n) is 1.91. The van der Waals surface area contributed by atoms with Gasteiger partial charge in [0.05, 0.1) is 7.11 Å². The summed E-state index contributed by atoms with van der Waals surface area (Å²) in [5.74, 6) is 0.805. The molecule has 20 heavy (non-hydrogen) atoms. The Morgan fingerprint density at radius 1 is 1.45 bits per heavy atom. The minimum absolute atomic E-state index is 0.236. The number of esters is 1. The van der Waals surface area contributed by atoms with Crippen molar-refractivity contribution in [3.05, 3.63) is 46.9 Å². The number of benzene rings is 1. The van der Waals surface area contributed by atoms with E-state index in [1.807, 2.05) is 44.2 Å². The summed E-state index contributed by atoms with van der Waals surface area (Å²) >= 11 is 1.78. The van der Waals surface area contributed by atoms with Crippen LogP contribution in [0.1, 0.15) is 30.5 Å². The summed E-state index contributed by atoms with van der Waals surface area (Å²) in [5.41, 5.74) is 2.08. The van der Waals surface area contributed by atoms with Crippen molar-refractivity contribution >= 4 is 17.7 Å². The molecule has 1 rings (SSSR count). The maximum Gasteiger partial charge on any atom is 0.327 e. The third-order valence-corrected chi connectivity index (χ3v) is 3.95. The molecular formula is C16H23NO2S. The zero-order valence-electron chi connectivity index (χ0n) is 12.4. The van der Waals surface area contributed by atoms with Crippen molar-refractivity contribution in [1.82, 2.24) is 5.32 Å². The molecule has 0 radical (unpaired) electrons. The average molecular weight is 293 g/mol. The number of carbonyl (C=O) groups excluding carboxylic acids is 1. The van der Waals surface area contributed by atoms with Gasteiger partial charge in [-0.25, -0.2) is 4.79 Å². The molecule has 0 fully saturated rings. The van der Waals surface area contributed by atoms with Crippen LogP contribution in [-0.2, 0) is 9.53 Å². The summed E-state index contributed by atoms with van der Waals surface area (Å²) in [4.78, 5) is 11.9. The monoisotopic (exact) mass is 293 g/mol. The van der Waals surface area contributed by atoms with Crippen molar-refractivity contribution < 1.29 is 9.53 Å². The van der Waals surface area contributed by atoms with Crippen LogP contribution in [0.2, 0.25) is 0 Å². The topological polar surface area (TPSA) is 38.3 Å². The molecule has 4 heteroatoms. The number of methoxy groups -OCH3 is 1. The van der Waals surface area contributed by atoms with Crippen LogP contribution in [0.15, 0.2) is 35.7 Å². The summed E-state index contributed by atoms with van der Waals surface area (Å²) in [5, 5.41) is 5.37. The SMILES string of the molecule is C/C=C\SCCCNC(C(=O)OC)c1ccccc1C. The first kappa shape index (κ1) is 16.8. The fraction of sp³-hybridized carbons (Fsp3) is 0.438. The number of carbonyl (C=O) groups is 1. The Morgan fingerprint density at radius 2 is 2.20 bits per heavy atom. The first-order valence-electron chi connectivity index (χ1n) is 6.80. The van der Waals surface area contributed by atoms with Crippen LogP contribution in [0.5, 0.6) is 0 Å². The van der Waals surface area contributed by atoms with Crippen LogP contribution in [-0.4, -0.2) is 25.4 Å². The second-order valence-corrected chi connectivity index (χ2v) is 5.47. The molecule has 1 aromatic rings. The maximum absolute atomic E-state index is 11.9. The molecule has 1 aromatic carbocycles. The first-order valence-corrected chi connectivity index (χ1v) is 7.85. The first-order chi connectivity index (χ1) is 9.70. The van der Waals surface area contributed by atoms with E-state index in [2.05, 4.69) is 10.7 Å². The third kappa shape index (κ3) is 5.39. The summed E-state index contributed by atoms with van der Waals surface area (Å²) in [7, 11) is 1.43. The largest absolute Gasteiger partial charge is 0.468 e. The van der Waals surface area contributed by atoms with Crippen molar-refractivity contribution in [2.45, 2.75) is 26.3 Å². The molecule has 0 heterocycles. The lowest BCUT2D eigenvalue weighted by atomic mass is 10.0. The van der Waals surface area contributed by atoms with E-state index >= 15 is 0 Å². The van der Waals surface area contributed by atoms with Crippen molar-refractivity contribution in [2.75, 3.05) is 19.4 Å². The molecule has 0 amide bonds. The van der Waals surface area contributed by atoms with Crippen molar-refractivity contribution in [3.63, 3.8) is 0 Å². The number of hydrogen-bond donors (Lipinski definition) is 1. The zero-order chi connectivity index (χ0) is 14.8. The normalized spacial score (nSPS) is 12.6. The molecule has 1 unspecified atom stereocenters. The van der Waals surface area contributed by atoms with E-state index in [1.54, 1.807) is 11.8 Å². The predicted octanol–water partition coefficient (Wildman–Crippen LogP) is 3.46. The lowest BCUT2D eigenvalue weighted by Gasteiger charge is -2.18. The second kappa shape index (κ2) is 9.61. The summed E-state index contributed by atoms with van der Waals surface area (Å²) < 4.78 is 4.90. The van der Waals surface area contributed by atoms with Gasteiger partial charge in [0.1, 0.15) is 6.04 Å². The van der Waals surface area contributed by atoms with Gasteiger partial charge in [-0.1, -0.05) is 30.3 Å².